The fraction of sp³-hybridized carbons (Fsp3) is 0.154. The van der Waals surface area contributed by atoms with Crippen LogP contribution in [0.25, 0.3) is 0 Å². The third kappa shape index (κ3) is 2.45. The number of carboxylic acid groups (broad SMARTS) is 1. The Hall–Kier alpha value is -2.43. The summed E-state index contributed by atoms with van der Waals surface area (Å²) in [5.74, 6) is -0.353. The lowest BCUT2D eigenvalue weighted by molar-refractivity contribution is 0.0697. The van der Waals surface area contributed by atoms with Gasteiger partial charge in [0.1, 0.15) is 0 Å². The van der Waals surface area contributed by atoms with Crippen LogP contribution in [-0.4, -0.2) is 28.1 Å². The molecule has 0 bridgehead atoms. The molecule has 0 aliphatic heterocycles. The summed E-state index contributed by atoms with van der Waals surface area (Å²) < 4.78 is 0. The molecular weight excluding hydrogens is 230 g/mol. The van der Waals surface area contributed by atoms with Gasteiger partial charge in [-0.25, -0.2) is 14.8 Å². The van der Waals surface area contributed by atoms with Crippen LogP contribution in [0.4, 0.5) is 11.6 Å². The number of aromatic nitrogens is 2. The van der Waals surface area contributed by atoms with Crippen molar-refractivity contribution in [2.24, 2.45) is 0 Å². The summed E-state index contributed by atoms with van der Waals surface area (Å²) in [6.45, 7) is 1.90. The maximum Gasteiger partial charge on any atom is 0.335 e. The number of anilines is 2. The van der Waals surface area contributed by atoms with Gasteiger partial charge in [-0.2, -0.15) is 0 Å². The molecule has 1 heterocycles. The van der Waals surface area contributed by atoms with E-state index in [0.29, 0.717) is 5.95 Å². The van der Waals surface area contributed by atoms with Gasteiger partial charge in [-0.05, 0) is 37.3 Å². The molecule has 2 rings (SSSR count). The van der Waals surface area contributed by atoms with Crippen molar-refractivity contribution >= 4 is 17.6 Å². The van der Waals surface area contributed by atoms with E-state index >= 15 is 0 Å². The van der Waals surface area contributed by atoms with Crippen molar-refractivity contribution in [3.05, 3.63) is 47.8 Å². The maximum absolute atomic E-state index is 10.8. The molecule has 0 radical (unpaired) electrons. The Morgan fingerprint density at radius 2 is 1.89 bits per heavy atom. The second-order valence-electron chi connectivity index (χ2n) is 3.91. The first-order valence-corrected chi connectivity index (χ1v) is 5.44. The summed E-state index contributed by atoms with van der Waals surface area (Å²) in [7, 11) is 1.84. The number of rotatable bonds is 3. The normalized spacial score (nSPS) is 10.1. The maximum atomic E-state index is 10.8. The number of benzene rings is 1. The van der Waals surface area contributed by atoms with Crippen molar-refractivity contribution in [3.8, 4) is 0 Å². The van der Waals surface area contributed by atoms with Crippen LogP contribution in [0.3, 0.4) is 0 Å². The van der Waals surface area contributed by atoms with Gasteiger partial charge in [-0.15, -0.1) is 0 Å². The molecule has 1 N–H and O–H groups in total. The molecule has 0 aliphatic carbocycles. The van der Waals surface area contributed by atoms with E-state index in [-0.39, 0.29) is 5.56 Å². The molecule has 0 amide bonds. The first-order chi connectivity index (χ1) is 8.58. The molecule has 0 saturated heterocycles. The van der Waals surface area contributed by atoms with E-state index < -0.39 is 5.97 Å². The largest absolute Gasteiger partial charge is 0.478 e. The fourth-order valence-corrected chi connectivity index (χ4v) is 1.54. The molecule has 18 heavy (non-hydrogen) atoms. The van der Waals surface area contributed by atoms with Gasteiger partial charge >= 0.3 is 5.97 Å². The number of hydrogen-bond acceptors (Lipinski definition) is 4. The highest BCUT2D eigenvalue weighted by molar-refractivity contribution is 5.88. The number of carbonyl (C=O) groups is 1. The summed E-state index contributed by atoms with van der Waals surface area (Å²) in [6, 6.07) is 8.41. The Balaban J connectivity index is 2.28. The first-order valence-electron chi connectivity index (χ1n) is 5.44. The highest BCUT2D eigenvalue weighted by atomic mass is 16.4. The minimum atomic E-state index is -0.934. The van der Waals surface area contributed by atoms with E-state index in [9.17, 15) is 4.79 Å². The van der Waals surface area contributed by atoms with Crippen molar-refractivity contribution in [2.75, 3.05) is 11.9 Å². The minimum absolute atomic E-state index is 0.261. The Morgan fingerprint density at radius 1 is 1.22 bits per heavy atom. The van der Waals surface area contributed by atoms with Gasteiger partial charge in [-0.3, -0.25) is 0 Å². The summed E-state index contributed by atoms with van der Waals surface area (Å²) in [6.07, 6.45) is 1.69. The summed E-state index contributed by atoms with van der Waals surface area (Å²) in [4.78, 5) is 21.0. The van der Waals surface area contributed by atoms with Crippen molar-refractivity contribution in [1.82, 2.24) is 9.97 Å². The molecule has 1 aromatic heterocycles. The molecule has 92 valence electrons. The number of hydrogen-bond donors (Lipinski definition) is 1. The molecule has 1 aromatic carbocycles. The highest BCUT2D eigenvalue weighted by Crippen LogP contribution is 2.20. The van der Waals surface area contributed by atoms with Gasteiger partial charge in [0.2, 0.25) is 5.95 Å². The lowest BCUT2D eigenvalue weighted by Crippen LogP contribution is -2.13. The number of carboxylic acids is 1. The molecule has 2 aromatic rings. The lowest BCUT2D eigenvalue weighted by Gasteiger charge is -2.17. The number of aromatic carboxylic acids is 1. The Bertz CT molecular complexity index is 567. The zero-order chi connectivity index (χ0) is 13.1. The molecule has 0 atom stereocenters. The predicted molar refractivity (Wildman–Crippen MR) is 68.2 cm³/mol. The Kier molecular flexibility index (Phi) is 3.23. The smallest absolute Gasteiger partial charge is 0.335 e. The molecule has 0 spiro atoms. The van der Waals surface area contributed by atoms with Crippen LogP contribution in [-0.2, 0) is 0 Å². The first kappa shape index (κ1) is 12.0. The molecule has 5 heteroatoms. The van der Waals surface area contributed by atoms with E-state index in [1.54, 1.807) is 35.4 Å². The molecule has 5 nitrogen and oxygen atoms in total. The van der Waals surface area contributed by atoms with E-state index in [0.717, 1.165) is 11.4 Å². The third-order valence-corrected chi connectivity index (χ3v) is 2.58. The average molecular weight is 243 g/mol. The van der Waals surface area contributed by atoms with Crippen LogP contribution in [0.15, 0.2) is 36.5 Å². The fourth-order valence-electron chi connectivity index (χ4n) is 1.54. The second-order valence-corrected chi connectivity index (χ2v) is 3.91. The van der Waals surface area contributed by atoms with Gasteiger partial charge in [0.15, 0.2) is 0 Å². The topological polar surface area (TPSA) is 66.3 Å². The van der Waals surface area contributed by atoms with Crippen LogP contribution in [0.5, 0.6) is 0 Å². The van der Waals surface area contributed by atoms with Gasteiger partial charge in [0.25, 0.3) is 0 Å². The van der Waals surface area contributed by atoms with Crippen LogP contribution >= 0.6 is 0 Å². The van der Waals surface area contributed by atoms with E-state index in [4.69, 9.17) is 5.11 Å². The van der Waals surface area contributed by atoms with Crippen LogP contribution in [0.1, 0.15) is 16.1 Å². The summed E-state index contributed by atoms with van der Waals surface area (Å²) >= 11 is 0. The quantitative estimate of drug-likeness (QED) is 0.895. The van der Waals surface area contributed by atoms with Crippen molar-refractivity contribution in [2.45, 2.75) is 6.92 Å². The SMILES string of the molecule is Cc1ccnc(N(C)c2ccc(C(=O)O)cc2)n1. The standard InChI is InChI=1S/C13H13N3O2/c1-9-7-8-14-13(15-9)16(2)11-5-3-10(4-6-11)12(17)18/h3-8H,1-2H3,(H,17,18). The van der Waals surface area contributed by atoms with Gasteiger partial charge in [0.05, 0.1) is 5.56 Å². The van der Waals surface area contributed by atoms with Crippen LogP contribution < -0.4 is 4.90 Å². The zero-order valence-corrected chi connectivity index (χ0v) is 10.2. The lowest BCUT2D eigenvalue weighted by atomic mass is 10.2. The molecular formula is C13H13N3O2. The molecule has 0 unspecified atom stereocenters. The van der Waals surface area contributed by atoms with Crippen molar-refractivity contribution in [1.29, 1.82) is 0 Å². The van der Waals surface area contributed by atoms with E-state index in [1.165, 1.54) is 0 Å². The Morgan fingerprint density at radius 3 is 2.44 bits per heavy atom. The Labute approximate surface area is 105 Å². The van der Waals surface area contributed by atoms with Gasteiger partial charge in [-0.1, -0.05) is 0 Å². The summed E-state index contributed by atoms with van der Waals surface area (Å²) in [5, 5.41) is 8.83. The van der Waals surface area contributed by atoms with Crippen molar-refractivity contribution < 1.29 is 9.90 Å². The monoisotopic (exact) mass is 243 g/mol. The van der Waals surface area contributed by atoms with E-state index in [1.807, 2.05) is 20.0 Å². The van der Waals surface area contributed by atoms with Gasteiger partial charge < -0.3 is 10.0 Å². The number of aryl methyl sites for hydroxylation is 1. The van der Waals surface area contributed by atoms with E-state index in [2.05, 4.69) is 9.97 Å². The third-order valence-electron chi connectivity index (χ3n) is 2.58. The second kappa shape index (κ2) is 4.83. The summed E-state index contributed by atoms with van der Waals surface area (Å²) in [5.41, 5.74) is 1.98. The molecule has 0 fully saturated rings. The predicted octanol–water partition coefficient (Wildman–Crippen LogP) is 2.25. The van der Waals surface area contributed by atoms with Crippen molar-refractivity contribution in [3.63, 3.8) is 0 Å². The molecule has 0 saturated carbocycles. The molecule has 0 aliphatic rings. The van der Waals surface area contributed by atoms with Gasteiger partial charge in [0, 0.05) is 24.6 Å². The van der Waals surface area contributed by atoms with Crippen LogP contribution in [0.2, 0.25) is 0 Å². The highest BCUT2D eigenvalue weighted by Gasteiger charge is 2.08. The number of nitrogens with zero attached hydrogens (tertiary/aromatic N) is 3. The minimum Gasteiger partial charge on any atom is -0.478 e. The van der Waals surface area contributed by atoms with Crippen LogP contribution in [0, 0.1) is 6.92 Å². The zero-order valence-electron chi connectivity index (χ0n) is 10.2. The average Bonchev–Trinajstić information content (AvgIpc) is 2.38.